The van der Waals surface area contributed by atoms with Crippen LogP contribution in [0, 0.1) is 6.92 Å². The lowest BCUT2D eigenvalue weighted by molar-refractivity contribution is -0.116. The number of primary amides is 1. The summed E-state index contributed by atoms with van der Waals surface area (Å²) in [5.41, 5.74) is 6.55. The highest BCUT2D eigenvalue weighted by Crippen LogP contribution is 2.27. The predicted octanol–water partition coefficient (Wildman–Crippen LogP) is 3.25. The number of rotatable bonds is 9. The lowest BCUT2D eigenvalue weighted by Crippen LogP contribution is -2.19. The molecule has 2 amide bonds. The topological polar surface area (TPSA) is 112 Å². The number of nitrogens with two attached hydrogens (primary N) is 1. The van der Waals surface area contributed by atoms with E-state index in [-0.39, 0.29) is 40.9 Å². The summed E-state index contributed by atoms with van der Waals surface area (Å²) in [6.07, 6.45) is 1.61. The van der Waals surface area contributed by atoms with Crippen molar-refractivity contribution in [3.8, 4) is 5.75 Å². The summed E-state index contributed by atoms with van der Waals surface area (Å²) in [4.78, 5) is 35.4. The summed E-state index contributed by atoms with van der Waals surface area (Å²) < 4.78 is 11.0. The summed E-state index contributed by atoms with van der Waals surface area (Å²) in [7, 11) is 0. The fourth-order valence-corrected chi connectivity index (χ4v) is 2.73. The molecule has 0 spiro atoms. The Morgan fingerprint density at radius 1 is 1.15 bits per heavy atom. The van der Waals surface area contributed by atoms with E-state index < -0.39 is 5.91 Å². The summed E-state index contributed by atoms with van der Waals surface area (Å²) >= 11 is 0. The molecule has 2 rings (SSSR count). The molecule has 7 heteroatoms. The van der Waals surface area contributed by atoms with E-state index in [2.05, 4.69) is 12.2 Å². The molecule has 0 bridgehead atoms. The number of carbonyl (C=O) groups excluding carboxylic acids is 3. The summed E-state index contributed by atoms with van der Waals surface area (Å²) in [6, 6.07) is 7.79. The smallest absolute Gasteiger partial charge is 0.255 e. The van der Waals surface area contributed by atoms with Gasteiger partial charge >= 0.3 is 0 Å². The molecule has 3 N–H and O–H groups in total. The molecule has 2 aromatic rings. The van der Waals surface area contributed by atoms with Crippen LogP contribution in [0.5, 0.6) is 5.75 Å². The third kappa shape index (κ3) is 5.20. The largest absolute Gasteiger partial charge is 0.494 e. The van der Waals surface area contributed by atoms with Crippen LogP contribution in [0.1, 0.15) is 58.7 Å². The van der Waals surface area contributed by atoms with Crippen LogP contribution in [0.15, 0.2) is 28.7 Å². The fraction of sp³-hybridized carbons (Fsp3) is 0.350. The SMILES string of the molecule is CCc1ccc(OCCCC(=O)Nc2oc(C)c(C(C)=O)c2C(N)=O)cc1. The predicted molar refractivity (Wildman–Crippen MR) is 101 cm³/mol. The van der Waals surface area contributed by atoms with Crippen LogP contribution in [-0.4, -0.2) is 24.2 Å². The molecular formula is C20H24N2O5. The Bertz CT molecular complexity index is 837. The molecule has 0 radical (unpaired) electrons. The second-order valence-corrected chi connectivity index (χ2v) is 6.16. The van der Waals surface area contributed by atoms with Crippen molar-refractivity contribution >= 4 is 23.5 Å². The van der Waals surface area contributed by atoms with Gasteiger partial charge in [0.15, 0.2) is 5.78 Å². The van der Waals surface area contributed by atoms with Crippen molar-refractivity contribution in [3.05, 3.63) is 46.7 Å². The highest BCUT2D eigenvalue weighted by molar-refractivity contribution is 6.11. The number of hydrogen-bond donors (Lipinski definition) is 2. The number of benzene rings is 1. The van der Waals surface area contributed by atoms with Crippen LogP contribution in [-0.2, 0) is 11.2 Å². The van der Waals surface area contributed by atoms with Gasteiger partial charge in [-0.25, -0.2) is 0 Å². The number of ketones is 1. The Morgan fingerprint density at radius 3 is 2.37 bits per heavy atom. The van der Waals surface area contributed by atoms with Crippen LogP contribution in [0.2, 0.25) is 0 Å². The number of hydrogen-bond acceptors (Lipinski definition) is 5. The van der Waals surface area contributed by atoms with Crippen molar-refractivity contribution in [2.75, 3.05) is 11.9 Å². The fourth-order valence-electron chi connectivity index (χ4n) is 2.73. The first kappa shape index (κ1) is 20.2. The van der Waals surface area contributed by atoms with Crippen molar-refractivity contribution in [1.29, 1.82) is 0 Å². The Labute approximate surface area is 157 Å². The molecule has 1 heterocycles. The zero-order valence-corrected chi connectivity index (χ0v) is 15.8. The van der Waals surface area contributed by atoms with Crippen LogP contribution >= 0.6 is 0 Å². The maximum Gasteiger partial charge on any atom is 0.255 e. The summed E-state index contributed by atoms with van der Waals surface area (Å²) in [5.74, 6) is -0.640. The van der Waals surface area contributed by atoms with E-state index in [1.165, 1.54) is 19.4 Å². The van der Waals surface area contributed by atoms with Crippen molar-refractivity contribution in [1.82, 2.24) is 0 Å². The van der Waals surface area contributed by atoms with E-state index in [1.54, 1.807) is 0 Å². The molecule has 0 aliphatic rings. The quantitative estimate of drug-likeness (QED) is 0.518. The number of carbonyl (C=O) groups is 3. The Hall–Kier alpha value is -3.09. The zero-order chi connectivity index (χ0) is 20.0. The van der Waals surface area contributed by atoms with Gasteiger partial charge in [0.25, 0.3) is 5.91 Å². The molecule has 27 heavy (non-hydrogen) atoms. The summed E-state index contributed by atoms with van der Waals surface area (Å²) in [6.45, 7) is 5.30. The van der Waals surface area contributed by atoms with Gasteiger partial charge in [0, 0.05) is 6.42 Å². The standard InChI is InChI=1S/C20H24N2O5/c1-4-14-7-9-15(10-8-14)26-11-5-6-16(24)22-20-18(19(21)25)17(12(2)23)13(3)27-20/h7-10H,4-6,11H2,1-3H3,(H2,21,25)(H,22,24). The van der Waals surface area contributed by atoms with E-state index >= 15 is 0 Å². The Balaban J connectivity index is 1.89. The van der Waals surface area contributed by atoms with Gasteiger partial charge in [0.2, 0.25) is 11.8 Å². The van der Waals surface area contributed by atoms with Crippen molar-refractivity contribution in [2.24, 2.45) is 5.73 Å². The van der Waals surface area contributed by atoms with Gasteiger partial charge in [-0.05, 0) is 44.4 Å². The molecule has 0 saturated carbocycles. The van der Waals surface area contributed by atoms with Gasteiger partial charge in [0.1, 0.15) is 17.1 Å². The van der Waals surface area contributed by atoms with Gasteiger partial charge < -0.3 is 14.9 Å². The molecule has 0 aliphatic heterocycles. The van der Waals surface area contributed by atoms with E-state index in [9.17, 15) is 14.4 Å². The highest BCUT2D eigenvalue weighted by atomic mass is 16.5. The number of aryl methyl sites for hydroxylation is 2. The first-order valence-electron chi connectivity index (χ1n) is 8.79. The maximum atomic E-state index is 12.1. The molecule has 1 aromatic heterocycles. The number of nitrogens with one attached hydrogen (secondary N) is 1. The molecular weight excluding hydrogens is 348 g/mol. The van der Waals surface area contributed by atoms with Crippen molar-refractivity contribution in [3.63, 3.8) is 0 Å². The second-order valence-electron chi connectivity index (χ2n) is 6.16. The van der Waals surface area contributed by atoms with E-state index in [0.717, 1.165) is 12.2 Å². The lowest BCUT2D eigenvalue weighted by Gasteiger charge is -2.07. The van der Waals surface area contributed by atoms with Gasteiger partial charge in [0.05, 0.1) is 12.2 Å². The first-order chi connectivity index (χ1) is 12.8. The average Bonchev–Trinajstić information content (AvgIpc) is 2.95. The van der Waals surface area contributed by atoms with Crippen molar-refractivity contribution < 1.29 is 23.5 Å². The monoisotopic (exact) mass is 372 g/mol. The number of ether oxygens (including phenoxy) is 1. The average molecular weight is 372 g/mol. The van der Waals surface area contributed by atoms with Crippen LogP contribution in [0.25, 0.3) is 0 Å². The molecule has 0 unspecified atom stereocenters. The Morgan fingerprint density at radius 2 is 1.81 bits per heavy atom. The van der Waals surface area contributed by atoms with Gasteiger partial charge in [-0.2, -0.15) is 0 Å². The van der Waals surface area contributed by atoms with E-state index in [1.807, 2.05) is 24.3 Å². The molecule has 0 aliphatic carbocycles. The molecule has 1 aromatic carbocycles. The number of amides is 2. The van der Waals surface area contributed by atoms with Crippen LogP contribution < -0.4 is 15.8 Å². The molecule has 0 atom stereocenters. The third-order valence-corrected chi connectivity index (χ3v) is 4.08. The minimum absolute atomic E-state index is 0.0914. The minimum atomic E-state index is -0.828. The molecule has 0 saturated heterocycles. The van der Waals surface area contributed by atoms with Gasteiger partial charge in [-0.1, -0.05) is 19.1 Å². The van der Waals surface area contributed by atoms with Crippen LogP contribution in [0.4, 0.5) is 5.88 Å². The Kier molecular flexibility index (Phi) is 6.76. The number of Topliss-reactive ketones (excluding diaryl/α,β-unsaturated/α-hetero) is 1. The van der Waals surface area contributed by atoms with Crippen LogP contribution in [0.3, 0.4) is 0 Å². The number of furan rings is 1. The zero-order valence-electron chi connectivity index (χ0n) is 15.8. The molecule has 7 nitrogen and oxygen atoms in total. The molecule has 0 fully saturated rings. The summed E-state index contributed by atoms with van der Waals surface area (Å²) in [5, 5.41) is 2.51. The normalized spacial score (nSPS) is 10.5. The van der Waals surface area contributed by atoms with Gasteiger partial charge in [-0.15, -0.1) is 0 Å². The van der Waals surface area contributed by atoms with Gasteiger partial charge in [-0.3, -0.25) is 19.7 Å². The molecule has 144 valence electrons. The van der Waals surface area contributed by atoms with E-state index in [0.29, 0.717) is 13.0 Å². The number of anilines is 1. The highest BCUT2D eigenvalue weighted by Gasteiger charge is 2.25. The third-order valence-electron chi connectivity index (χ3n) is 4.08. The van der Waals surface area contributed by atoms with E-state index in [4.69, 9.17) is 14.9 Å². The minimum Gasteiger partial charge on any atom is -0.494 e. The van der Waals surface area contributed by atoms with Crippen molar-refractivity contribution in [2.45, 2.75) is 40.0 Å². The lowest BCUT2D eigenvalue weighted by atomic mass is 10.1. The second kappa shape index (κ2) is 9.02. The first-order valence-corrected chi connectivity index (χ1v) is 8.79. The maximum absolute atomic E-state index is 12.1.